The lowest BCUT2D eigenvalue weighted by Crippen LogP contribution is -2.26. The molecule has 0 saturated carbocycles. The van der Waals surface area contributed by atoms with E-state index in [2.05, 4.69) is 11.9 Å². The van der Waals surface area contributed by atoms with Crippen molar-refractivity contribution in [2.24, 2.45) is 11.7 Å². The minimum absolute atomic E-state index is 0.200. The number of rotatable bonds is 6. The number of thiazole rings is 1. The molecule has 0 aliphatic carbocycles. The number of nitrogens with zero attached hydrogens (tertiary/aromatic N) is 1. The van der Waals surface area contributed by atoms with Crippen LogP contribution in [0.1, 0.15) is 18.4 Å². The Bertz CT molecular complexity index is 238. The molecule has 1 heterocycles. The van der Waals surface area contributed by atoms with Gasteiger partial charge in [0.1, 0.15) is 0 Å². The summed E-state index contributed by atoms with van der Waals surface area (Å²) < 4.78 is 5.07. The van der Waals surface area contributed by atoms with E-state index in [1.807, 2.05) is 11.6 Å². The van der Waals surface area contributed by atoms with Crippen LogP contribution >= 0.6 is 11.3 Å². The molecule has 2 N–H and O–H groups in total. The van der Waals surface area contributed by atoms with E-state index in [4.69, 9.17) is 10.5 Å². The van der Waals surface area contributed by atoms with Gasteiger partial charge in [-0.3, -0.25) is 0 Å². The molecule has 2 atom stereocenters. The maximum absolute atomic E-state index is 6.01. The summed E-state index contributed by atoms with van der Waals surface area (Å²) in [4.78, 5) is 4.22. The van der Waals surface area contributed by atoms with Crippen molar-refractivity contribution in [3.05, 3.63) is 16.6 Å². The topological polar surface area (TPSA) is 48.1 Å². The number of methoxy groups -OCH3 is 1. The maximum Gasteiger partial charge on any atom is 0.0940 e. The lowest BCUT2D eigenvalue weighted by molar-refractivity contribution is 0.152. The Kier molecular flexibility index (Phi) is 5.07. The smallest absolute Gasteiger partial charge is 0.0940 e. The summed E-state index contributed by atoms with van der Waals surface area (Å²) in [5, 5.41) is 3.11. The quantitative estimate of drug-likeness (QED) is 0.784. The highest BCUT2D eigenvalue weighted by Gasteiger charge is 2.10. The summed E-state index contributed by atoms with van der Waals surface area (Å²) in [6.45, 7) is 2.94. The molecule has 14 heavy (non-hydrogen) atoms. The summed E-state index contributed by atoms with van der Waals surface area (Å²) in [7, 11) is 1.73. The Morgan fingerprint density at radius 3 is 3.00 bits per heavy atom. The maximum atomic E-state index is 6.01. The molecule has 1 rings (SSSR count). The van der Waals surface area contributed by atoms with Gasteiger partial charge in [-0.1, -0.05) is 6.92 Å². The largest absolute Gasteiger partial charge is 0.384 e. The van der Waals surface area contributed by atoms with E-state index in [1.165, 1.54) is 0 Å². The van der Waals surface area contributed by atoms with Gasteiger partial charge in [-0.2, -0.15) is 0 Å². The van der Waals surface area contributed by atoms with Gasteiger partial charge in [-0.05, 0) is 12.3 Å². The summed E-state index contributed by atoms with van der Waals surface area (Å²) in [6.07, 6.45) is 3.70. The predicted octanol–water partition coefficient (Wildman–Crippen LogP) is 1.69. The first-order valence-electron chi connectivity index (χ1n) is 4.85. The molecule has 0 aliphatic heterocycles. The fraction of sp³-hybridized carbons (Fsp3) is 0.700. The molecule has 1 aromatic rings. The minimum Gasteiger partial charge on any atom is -0.384 e. The molecule has 4 heteroatoms. The zero-order valence-corrected chi connectivity index (χ0v) is 9.59. The van der Waals surface area contributed by atoms with Gasteiger partial charge in [0, 0.05) is 37.8 Å². The second kappa shape index (κ2) is 6.11. The van der Waals surface area contributed by atoms with Crippen molar-refractivity contribution in [1.29, 1.82) is 0 Å². The number of nitrogens with two attached hydrogens (primary N) is 1. The number of aromatic nitrogens is 1. The molecule has 0 fully saturated rings. The van der Waals surface area contributed by atoms with Crippen LogP contribution in [0, 0.1) is 5.92 Å². The second-order valence-electron chi connectivity index (χ2n) is 3.69. The third-order valence-corrected chi connectivity index (χ3v) is 2.88. The third-order valence-electron chi connectivity index (χ3n) is 2.08. The fourth-order valence-corrected chi connectivity index (χ4v) is 2.24. The third kappa shape index (κ3) is 4.17. The molecule has 0 bridgehead atoms. The van der Waals surface area contributed by atoms with Crippen LogP contribution in [-0.2, 0) is 11.2 Å². The van der Waals surface area contributed by atoms with Crippen LogP contribution in [-0.4, -0.2) is 24.7 Å². The fourth-order valence-electron chi connectivity index (χ4n) is 1.53. The van der Waals surface area contributed by atoms with Gasteiger partial charge in [-0.25, -0.2) is 4.98 Å². The Hall–Kier alpha value is -0.450. The van der Waals surface area contributed by atoms with Gasteiger partial charge in [0.25, 0.3) is 0 Å². The first-order valence-corrected chi connectivity index (χ1v) is 5.73. The van der Waals surface area contributed by atoms with Crippen molar-refractivity contribution >= 4 is 11.3 Å². The number of hydrogen-bond donors (Lipinski definition) is 1. The SMILES string of the molecule is COCC(C)CC(N)Cc1nccs1. The van der Waals surface area contributed by atoms with Gasteiger partial charge < -0.3 is 10.5 Å². The highest BCUT2D eigenvalue weighted by molar-refractivity contribution is 7.09. The lowest BCUT2D eigenvalue weighted by atomic mass is 10.0. The predicted molar refractivity (Wildman–Crippen MR) is 59.5 cm³/mol. The van der Waals surface area contributed by atoms with Gasteiger partial charge >= 0.3 is 0 Å². The zero-order chi connectivity index (χ0) is 10.4. The number of ether oxygens (including phenoxy) is 1. The average molecular weight is 214 g/mol. The van der Waals surface area contributed by atoms with Crippen molar-refractivity contribution in [1.82, 2.24) is 4.98 Å². The Balaban J connectivity index is 2.25. The zero-order valence-electron chi connectivity index (χ0n) is 8.77. The summed E-state index contributed by atoms with van der Waals surface area (Å²) in [5.74, 6) is 0.523. The first kappa shape index (κ1) is 11.6. The Morgan fingerprint density at radius 1 is 1.64 bits per heavy atom. The standard InChI is InChI=1S/C10H18N2OS/c1-8(7-13-2)5-9(11)6-10-12-3-4-14-10/h3-4,8-9H,5-7,11H2,1-2H3. The first-order chi connectivity index (χ1) is 6.72. The minimum atomic E-state index is 0.200. The normalized spacial score (nSPS) is 15.4. The molecule has 0 spiro atoms. The van der Waals surface area contributed by atoms with Crippen molar-refractivity contribution < 1.29 is 4.74 Å². The van der Waals surface area contributed by atoms with Crippen LogP contribution in [0.3, 0.4) is 0 Å². The molecule has 0 aliphatic rings. The van der Waals surface area contributed by atoms with Crippen LogP contribution in [0.2, 0.25) is 0 Å². The molecule has 2 unspecified atom stereocenters. The molecule has 0 saturated heterocycles. The van der Waals surface area contributed by atoms with E-state index in [1.54, 1.807) is 18.4 Å². The highest BCUT2D eigenvalue weighted by atomic mass is 32.1. The molecule has 0 aromatic carbocycles. The van der Waals surface area contributed by atoms with Gasteiger partial charge in [-0.15, -0.1) is 11.3 Å². The monoisotopic (exact) mass is 214 g/mol. The Morgan fingerprint density at radius 2 is 2.43 bits per heavy atom. The van der Waals surface area contributed by atoms with Crippen molar-refractivity contribution in [2.75, 3.05) is 13.7 Å². The van der Waals surface area contributed by atoms with Crippen LogP contribution in [0.5, 0.6) is 0 Å². The molecular weight excluding hydrogens is 196 g/mol. The van der Waals surface area contributed by atoms with Gasteiger partial charge in [0.2, 0.25) is 0 Å². The van der Waals surface area contributed by atoms with Crippen LogP contribution in [0.15, 0.2) is 11.6 Å². The molecule has 80 valence electrons. The highest BCUT2D eigenvalue weighted by Crippen LogP contribution is 2.11. The Labute approximate surface area is 89.3 Å². The van der Waals surface area contributed by atoms with Crippen molar-refractivity contribution in [3.8, 4) is 0 Å². The van der Waals surface area contributed by atoms with E-state index in [9.17, 15) is 0 Å². The average Bonchev–Trinajstić information content (AvgIpc) is 2.56. The van der Waals surface area contributed by atoms with E-state index >= 15 is 0 Å². The molecule has 1 aromatic heterocycles. The van der Waals surface area contributed by atoms with E-state index in [0.717, 1.165) is 24.5 Å². The van der Waals surface area contributed by atoms with Crippen LogP contribution in [0.25, 0.3) is 0 Å². The van der Waals surface area contributed by atoms with E-state index < -0.39 is 0 Å². The van der Waals surface area contributed by atoms with Gasteiger partial charge in [0.15, 0.2) is 0 Å². The summed E-state index contributed by atoms with van der Waals surface area (Å²) >= 11 is 1.67. The summed E-state index contributed by atoms with van der Waals surface area (Å²) in [5.41, 5.74) is 6.01. The molecule has 0 radical (unpaired) electrons. The second-order valence-corrected chi connectivity index (χ2v) is 4.67. The molecule has 0 amide bonds. The molecular formula is C10H18N2OS. The molecule has 3 nitrogen and oxygen atoms in total. The van der Waals surface area contributed by atoms with Crippen molar-refractivity contribution in [2.45, 2.75) is 25.8 Å². The van der Waals surface area contributed by atoms with E-state index in [0.29, 0.717) is 5.92 Å². The van der Waals surface area contributed by atoms with Gasteiger partial charge in [0.05, 0.1) is 5.01 Å². The number of hydrogen-bond acceptors (Lipinski definition) is 4. The van der Waals surface area contributed by atoms with Crippen molar-refractivity contribution in [3.63, 3.8) is 0 Å². The van der Waals surface area contributed by atoms with Crippen LogP contribution in [0.4, 0.5) is 0 Å². The van der Waals surface area contributed by atoms with Crippen LogP contribution < -0.4 is 5.73 Å². The lowest BCUT2D eigenvalue weighted by Gasteiger charge is -2.15. The summed E-state index contributed by atoms with van der Waals surface area (Å²) in [6, 6.07) is 0.200. The van der Waals surface area contributed by atoms with E-state index in [-0.39, 0.29) is 6.04 Å².